The van der Waals surface area contributed by atoms with Crippen molar-refractivity contribution in [2.75, 3.05) is 4.90 Å². The van der Waals surface area contributed by atoms with Crippen LogP contribution in [-0.2, 0) is 9.59 Å². The van der Waals surface area contributed by atoms with Crippen LogP contribution in [0.4, 0.5) is 5.69 Å². The average Bonchev–Trinajstić information content (AvgIpc) is 2.85. The van der Waals surface area contributed by atoms with Gasteiger partial charge in [-0.25, -0.2) is 0 Å². The maximum absolute atomic E-state index is 13.4. The molecule has 3 aromatic carbocycles. The van der Waals surface area contributed by atoms with E-state index in [1.807, 2.05) is 30.3 Å². The summed E-state index contributed by atoms with van der Waals surface area (Å²) in [6, 6.07) is 20.4. The number of ether oxygens (including phenoxy) is 2. The molecule has 2 aliphatic heterocycles. The van der Waals surface area contributed by atoms with E-state index in [4.69, 9.17) is 39.0 Å². The van der Waals surface area contributed by atoms with Gasteiger partial charge in [0.15, 0.2) is 17.1 Å². The van der Waals surface area contributed by atoms with Gasteiger partial charge in [-0.05, 0) is 66.8 Å². The highest BCUT2D eigenvalue weighted by atomic mass is 35.5. The SMILES string of the molecule is NC1Oc2ccc(Cl)cc2C(=O)C1/C=C1\C(=O)NC(=S)N(c2ccc(Oc3ccccc3)cc2)C1=O. The number of anilines is 1. The molecule has 36 heavy (non-hydrogen) atoms. The first-order valence-electron chi connectivity index (χ1n) is 10.8. The lowest BCUT2D eigenvalue weighted by atomic mass is 9.90. The Morgan fingerprint density at radius 1 is 1.00 bits per heavy atom. The molecule has 0 radical (unpaired) electrons. The van der Waals surface area contributed by atoms with E-state index in [0.29, 0.717) is 22.2 Å². The number of halogens is 1. The van der Waals surface area contributed by atoms with E-state index in [-0.39, 0.29) is 22.0 Å². The molecule has 2 aliphatic rings. The van der Waals surface area contributed by atoms with Crippen LogP contribution in [0.5, 0.6) is 17.2 Å². The third kappa shape index (κ3) is 4.47. The van der Waals surface area contributed by atoms with Crippen molar-refractivity contribution in [2.24, 2.45) is 11.7 Å². The molecule has 0 aromatic heterocycles. The maximum Gasteiger partial charge on any atom is 0.269 e. The normalized spacial score (nSPS) is 20.6. The molecule has 0 aliphatic carbocycles. The zero-order valence-corrected chi connectivity index (χ0v) is 20.1. The van der Waals surface area contributed by atoms with E-state index >= 15 is 0 Å². The lowest BCUT2D eigenvalue weighted by Crippen LogP contribution is -2.55. The van der Waals surface area contributed by atoms with Crippen molar-refractivity contribution < 1.29 is 23.9 Å². The number of nitrogens with two attached hydrogens (primary N) is 1. The summed E-state index contributed by atoms with van der Waals surface area (Å²) < 4.78 is 11.4. The molecule has 2 atom stereocenters. The molecule has 3 N–H and O–H groups in total. The van der Waals surface area contributed by atoms with E-state index in [1.165, 1.54) is 17.0 Å². The van der Waals surface area contributed by atoms with E-state index in [1.54, 1.807) is 36.4 Å². The lowest BCUT2D eigenvalue weighted by Gasteiger charge is -2.31. The molecule has 8 nitrogen and oxygen atoms in total. The van der Waals surface area contributed by atoms with Gasteiger partial charge in [0.2, 0.25) is 0 Å². The van der Waals surface area contributed by atoms with Crippen molar-refractivity contribution >= 4 is 52.2 Å². The molecule has 2 amide bonds. The second-order valence-electron chi connectivity index (χ2n) is 8.00. The summed E-state index contributed by atoms with van der Waals surface area (Å²) in [5.74, 6) is -1.44. The van der Waals surface area contributed by atoms with Crippen molar-refractivity contribution in [2.45, 2.75) is 6.23 Å². The van der Waals surface area contributed by atoms with Crippen LogP contribution in [0.2, 0.25) is 5.02 Å². The van der Waals surface area contributed by atoms with Crippen LogP contribution >= 0.6 is 23.8 Å². The first-order valence-corrected chi connectivity index (χ1v) is 11.6. The Hall–Kier alpha value is -4.05. The minimum Gasteiger partial charge on any atom is -0.474 e. The van der Waals surface area contributed by atoms with Crippen LogP contribution in [0.15, 0.2) is 84.4 Å². The van der Waals surface area contributed by atoms with Crippen molar-refractivity contribution in [3.05, 3.63) is 95.0 Å². The van der Waals surface area contributed by atoms with Crippen LogP contribution < -0.4 is 25.4 Å². The summed E-state index contributed by atoms with van der Waals surface area (Å²) in [6.07, 6.45) is 0.118. The van der Waals surface area contributed by atoms with Gasteiger partial charge >= 0.3 is 0 Å². The van der Waals surface area contributed by atoms with Gasteiger partial charge in [-0.1, -0.05) is 35.9 Å². The number of hydrogen-bond donors (Lipinski definition) is 2. The van der Waals surface area contributed by atoms with E-state index in [2.05, 4.69) is 5.32 Å². The zero-order chi connectivity index (χ0) is 25.4. The predicted molar refractivity (Wildman–Crippen MR) is 137 cm³/mol. The van der Waals surface area contributed by atoms with Crippen molar-refractivity contribution in [1.82, 2.24) is 5.32 Å². The Kier molecular flexibility index (Phi) is 6.27. The quantitative estimate of drug-likeness (QED) is 0.304. The highest BCUT2D eigenvalue weighted by Gasteiger charge is 2.39. The molecule has 5 rings (SSSR count). The Morgan fingerprint density at radius 2 is 1.69 bits per heavy atom. The van der Waals surface area contributed by atoms with Gasteiger partial charge in [0.05, 0.1) is 17.2 Å². The van der Waals surface area contributed by atoms with Gasteiger partial charge in [0.25, 0.3) is 11.8 Å². The number of carbonyl (C=O) groups excluding carboxylic acids is 3. The Morgan fingerprint density at radius 3 is 2.42 bits per heavy atom. The first-order chi connectivity index (χ1) is 17.3. The molecule has 2 heterocycles. The third-order valence-electron chi connectivity index (χ3n) is 5.65. The molecule has 0 bridgehead atoms. The summed E-state index contributed by atoms with van der Waals surface area (Å²) in [6.45, 7) is 0. The largest absolute Gasteiger partial charge is 0.474 e. The first kappa shape index (κ1) is 23.7. The molecule has 1 saturated heterocycles. The van der Waals surface area contributed by atoms with Crippen LogP contribution in [-0.4, -0.2) is 28.9 Å². The van der Waals surface area contributed by atoms with Crippen LogP contribution in [0.25, 0.3) is 0 Å². The lowest BCUT2D eigenvalue weighted by molar-refractivity contribution is -0.122. The topological polar surface area (TPSA) is 111 Å². The van der Waals surface area contributed by atoms with Gasteiger partial charge < -0.3 is 9.47 Å². The molecular formula is C26H18ClN3O5S. The fourth-order valence-electron chi connectivity index (χ4n) is 3.90. The number of amides is 2. The highest BCUT2D eigenvalue weighted by Crippen LogP contribution is 2.33. The molecule has 0 spiro atoms. The molecule has 3 aromatic rings. The van der Waals surface area contributed by atoms with E-state index in [9.17, 15) is 14.4 Å². The number of hydrogen-bond acceptors (Lipinski definition) is 7. The minimum atomic E-state index is -1.10. The zero-order valence-electron chi connectivity index (χ0n) is 18.5. The summed E-state index contributed by atoms with van der Waals surface area (Å²) in [4.78, 5) is 40.3. The highest BCUT2D eigenvalue weighted by molar-refractivity contribution is 7.80. The predicted octanol–water partition coefficient (Wildman–Crippen LogP) is 3.98. The number of Topliss-reactive ketones (excluding diaryl/α,β-unsaturated/α-hetero) is 1. The number of nitrogens with zero attached hydrogens (tertiary/aromatic N) is 1. The molecule has 1 fully saturated rings. The van der Waals surface area contributed by atoms with Gasteiger partial charge in [-0.15, -0.1) is 0 Å². The monoisotopic (exact) mass is 519 g/mol. The van der Waals surface area contributed by atoms with Crippen LogP contribution in [0.1, 0.15) is 10.4 Å². The van der Waals surface area contributed by atoms with Gasteiger partial charge in [0, 0.05) is 5.02 Å². The number of rotatable bonds is 4. The number of fused-ring (bicyclic) bond motifs is 1. The number of thiocarbonyl (C=S) groups is 1. The van der Waals surface area contributed by atoms with Crippen molar-refractivity contribution in [3.8, 4) is 17.2 Å². The molecule has 2 unspecified atom stereocenters. The number of nitrogens with one attached hydrogen (secondary N) is 1. The summed E-state index contributed by atoms with van der Waals surface area (Å²) >= 11 is 11.3. The van der Waals surface area contributed by atoms with E-state index in [0.717, 1.165) is 0 Å². The fraction of sp³-hybridized carbons (Fsp3) is 0.0769. The van der Waals surface area contributed by atoms with Crippen molar-refractivity contribution in [3.63, 3.8) is 0 Å². The number of para-hydroxylation sites is 1. The molecule has 10 heteroatoms. The Labute approximate surface area is 216 Å². The third-order valence-corrected chi connectivity index (χ3v) is 6.17. The number of benzene rings is 3. The smallest absolute Gasteiger partial charge is 0.269 e. The fourth-order valence-corrected chi connectivity index (χ4v) is 4.35. The Bertz CT molecular complexity index is 1430. The second kappa shape index (κ2) is 9.54. The summed E-state index contributed by atoms with van der Waals surface area (Å²) in [5, 5.41) is 2.75. The standard InChI is InChI=1S/C26H18ClN3O5S/c27-14-6-11-21-18(12-14)22(31)19(23(28)35-21)13-20-24(32)29-26(36)30(25(20)33)15-7-9-17(10-8-15)34-16-4-2-1-3-5-16/h1-13,19,23H,28H2,(H,29,32,36)/b20-13+. The molecule has 180 valence electrons. The molecular weight excluding hydrogens is 502 g/mol. The summed E-state index contributed by atoms with van der Waals surface area (Å²) in [7, 11) is 0. The maximum atomic E-state index is 13.4. The average molecular weight is 520 g/mol. The molecule has 0 saturated carbocycles. The van der Waals surface area contributed by atoms with Crippen LogP contribution in [0, 0.1) is 5.92 Å². The summed E-state index contributed by atoms with van der Waals surface area (Å²) in [5.41, 5.74) is 6.41. The van der Waals surface area contributed by atoms with Gasteiger partial charge in [0.1, 0.15) is 22.8 Å². The minimum absolute atomic E-state index is 0.0912. The van der Waals surface area contributed by atoms with Gasteiger partial charge in [-0.3, -0.25) is 30.3 Å². The van der Waals surface area contributed by atoms with E-state index < -0.39 is 29.7 Å². The van der Waals surface area contributed by atoms with Crippen molar-refractivity contribution in [1.29, 1.82) is 0 Å². The number of ketones is 1. The Balaban J connectivity index is 1.42. The second-order valence-corrected chi connectivity index (χ2v) is 8.83. The number of carbonyl (C=O) groups is 3. The van der Waals surface area contributed by atoms with Crippen LogP contribution in [0.3, 0.4) is 0 Å². The van der Waals surface area contributed by atoms with Gasteiger partial charge in [-0.2, -0.15) is 0 Å².